The van der Waals surface area contributed by atoms with Crippen molar-refractivity contribution in [3.8, 4) is 16.9 Å². The molecular formula is C24H21FN4O3. The first-order chi connectivity index (χ1) is 15.5. The van der Waals surface area contributed by atoms with E-state index in [1.807, 2.05) is 29.7 Å². The number of imidazole rings is 1. The normalized spacial score (nSPS) is 12.5. The van der Waals surface area contributed by atoms with E-state index < -0.39 is 0 Å². The molecule has 0 atom stereocenters. The maximum atomic E-state index is 14.5. The highest BCUT2D eigenvalue weighted by atomic mass is 19.1. The number of halogens is 1. The summed E-state index contributed by atoms with van der Waals surface area (Å²) in [5.74, 6) is 0.653. The summed E-state index contributed by atoms with van der Waals surface area (Å²) in [5.41, 5.74) is 5.20. The Morgan fingerprint density at radius 1 is 1.25 bits per heavy atom. The summed E-state index contributed by atoms with van der Waals surface area (Å²) in [6.45, 7) is 2.76. The molecule has 5 rings (SSSR count). The molecule has 1 aliphatic rings. The van der Waals surface area contributed by atoms with Crippen LogP contribution >= 0.6 is 0 Å². The summed E-state index contributed by atoms with van der Waals surface area (Å²) in [4.78, 5) is 20.9. The zero-order valence-electron chi connectivity index (χ0n) is 17.7. The van der Waals surface area contributed by atoms with Gasteiger partial charge in [-0.15, -0.1) is 0 Å². The molecule has 0 bridgehead atoms. The lowest BCUT2D eigenvalue weighted by atomic mass is 10.0. The van der Waals surface area contributed by atoms with Crippen molar-refractivity contribution in [3.63, 3.8) is 0 Å². The molecule has 0 fully saturated rings. The Hall–Kier alpha value is -3.94. The van der Waals surface area contributed by atoms with E-state index in [0.717, 1.165) is 28.1 Å². The van der Waals surface area contributed by atoms with Crippen LogP contribution in [0.15, 0.2) is 48.8 Å². The van der Waals surface area contributed by atoms with E-state index in [-0.39, 0.29) is 18.3 Å². The quantitative estimate of drug-likeness (QED) is 0.477. The number of rotatable bonds is 5. The number of fused-ring (bicyclic) bond motifs is 2. The Bertz CT molecular complexity index is 1330. The molecule has 0 spiro atoms. The third-order valence-electron chi connectivity index (χ3n) is 5.59. The highest BCUT2D eigenvalue weighted by molar-refractivity contribution is 5.90. The number of hydrogen-bond acceptors (Lipinski definition) is 6. The molecule has 0 unspecified atom stereocenters. The second kappa shape index (κ2) is 7.96. The molecule has 0 saturated carbocycles. The number of nitrogens with zero attached hydrogens (tertiary/aromatic N) is 3. The molecular weight excluding hydrogens is 411 g/mol. The van der Waals surface area contributed by atoms with Crippen molar-refractivity contribution in [2.24, 2.45) is 0 Å². The topological polar surface area (TPSA) is 77.8 Å². The van der Waals surface area contributed by atoms with Gasteiger partial charge in [0.2, 0.25) is 5.95 Å². The molecule has 0 amide bonds. The standard InChI is InChI=1S/C24H21FN4O3/c1-14-13-29-22(28-14)18(15-3-5-16(6-4-15)23(30)31-2)11-26-24(29)27-12-19-17-9-10-32-21(17)8-7-20(19)25/h3-8,11,13H,9-10,12H2,1-2H3,(H,26,27). The third kappa shape index (κ3) is 3.43. The minimum Gasteiger partial charge on any atom is -0.493 e. The summed E-state index contributed by atoms with van der Waals surface area (Å²) in [7, 11) is 1.35. The molecule has 2 aromatic heterocycles. The van der Waals surface area contributed by atoms with Crippen molar-refractivity contribution in [3.05, 3.63) is 77.0 Å². The molecule has 4 aromatic rings. The number of benzene rings is 2. The number of anilines is 1. The maximum absolute atomic E-state index is 14.5. The minimum atomic E-state index is -0.388. The molecule has 0 radical (unpaired) electrons. The van der Waals surface area contributed by atoms with Crippen molar-refractivity contribution in [1.82, 2.24) is 14.4 Å². The fourth-order valence-corrected chi connectivity index (χ4v) is 4.01. The summed E-state index contributed by atoms with van der Waals surface area (Å²) in [6.07, 6.45) is 4.30. The Morgan fingerprint density at radius 2 is 2.06 bits per heavy atom. The SMILES string of the molecule is COC(=O)c1ccc(-c2cnc(NCc3c(F)ccc4c3CCO4)n3cc(C)nc23)cc1. The van der Waals surface area contributed by atoms with Crippen molar-refractivity contribution in [2.45, 2.75) is 19.9 Å². The number of esters is 1. The van der Waals surface area contributed by atoms with Gasteiger partial charge in [0.25, 0.3) is 0 Å². The van der Waals surface area contributed by atoms with Gasteiger partial charge in [-0.25, -0.2) is 19.2 Å². The van der Waals surface area contributed by atoms with Crippen molar-refractivity contribution in [2.75, 3.05) is 19.0 Å². The number of methoxy groups -OCH3 is 1. The second-order valence-electron chi connectivity index (χ2n) is 7.59. The Labute approximate surface area is 183 Å². The van der Waals surface area contributed by atoms with E-state index in [2.05, 4.69) is 15.3 Å². The highest BCUT2D eigenvalue weighted by Crippen LogP contribution is 2.31. The number of aryl methyl sites for hydroxylation is 1. The lowest BCUT2D eigenvalue weighted by Gasteiger charge is -2.13. The number of carbonyl (C=O) groups excluding carboxylic acids is 1. The Kier molecular flexibility index (Phi) is 4.97. The van der Waals surface area contributed by atoms with Crippen LogP contribution < -0.4 is 10.1 Å². The predicted molar refractivity (Wildman–Crippen MR) is 117 cm³/mol. The van der Waals surface area contributed by atoms with Crippen LogP contribution in [-0.4, -0.2) is 34.1 Å². The molecule has 1 aliphatic heterocycles. The largest absolute Gasteiger partial charge is 0.493 e. The number of hydrogen-bond donors (Lipinski definition) is 1. The lowest BCUT2D eigenvalue weighted by molar-refractivity contribution is 0.0600. The van der Waals surface area contributed by atoms with Gasteiger partial charge in [0.15, 0.2) is 0 Å². The van der Waals surface area contributed by atoms with E-state index >= 15 is 0 Å². The van der Waals surface area contributed by atoms with E-state index in [0.29, 0.717) is 35.8 Å². The molecule has 0 saturated heterocycles. The number of ether oxygens (including phenoxy) is 2. The number of nitrogens with one attached hydrogen (secondary N) is 1. The number of aromatic nitrogens is 3. The van der Waals surface area contributed by atoms with Crippen LogP contribution in [0.2, 0.25) is 0 Å². The molecule has 2 aromatic carbocycles. The molecule has 32 heavy (non-hydrogen) atoms. The summed E-state index contributed by atoms with van der Waals surface area (Å²) in [5, 5.41) is 3.25. The van der Waals surface area contributed by atoms with Crippen LogP contribution in [0, 0.1) is 12.7 Å². The van der Waals surface area contributed by atoms with Gasteiger partial charge < -0.3 is 14.8 Å². The smallest absolute Gasteiger partial charge is 0.337 e. The molecule has 3 heterocycles. The Balaban J connectivity index is 1.48. The first-order valence-electron chi connectivity index (χ1n) is 10.3. The monoisotopic (exact) mass is 432 g/mol. The van der Waals surface area contributed by atoms with Crippen molar-refractivity contribution in [1.29, 1.82) is 0 Å². The first kappa shape index (κ1) is 20.0. The molecule has 8 heteroatoms. The van der Waals surface area contributed by atoms with Crippen LogP contribution in [0.1, 0.15) is 27.2 Å². The van der Waals surface area contributed by atoms with Gasteiger partial charge in [0.05, 0.1) is 25.0 Å². The second-order valence-corrected chi connectivity index (χ2v) is 7.59. The average Bonchev–Trinajstić information content (AvgIpc) is 3.44. The van der Waals surface area contributed by atoms with Crippen LogP contribution in [0.25, 0.3) is 16.8 Å². The van der Waals surface area contributed by atoms with Crippen LogP contribution in [0.5, 0.6) is 5.75 Å². The average molecular weight is 432 g/mol. The lowest BCUT2D eigenvalue weighted by Crippen LogP contribution is -2.09. The summed E-state index contributed by atoms with van der Waals surface area (Å²) >= 11 is 0. The predicted octanol–water partition coefficient (Wildman–Crippen LogP) is 4.18. The fraction of sp³-hybridized carbons (Fsp3) is 0.208. The van der Waals surface area contributed by atoms with Crippen LogP contribution in [0.3, 0.4) is 0 Å². The van der Waals surface area contributed by atoms with E-state index in [4.69, 9.17) is 9.47 Å². The van der Waals surface area contributed by atoms with Gasteiger partial charge in [-0.2, -0.15) is 0 Å². The first-order valence-corrected chi connectivity index (χ1v) is 10.3. The number of carbonyl (C=O) groups is 1. The van der Waals surface area contributed by atoms with E-state index in [1.54, 1.807) is 24.4 Å². The van der Waals surface area contributed by atoms with E-state index in [9.17, 15) is 9.18 Å². The molecule has 162 valence electrons. The van der Waals surface area contributed by atoms with Gasteiger partial charge in [0.1, 0.15) is 17.2 Å². The fourth-order valence-electron chi connectivity index (χ4n) is 4.01. The van der Waals surface area contributed by atoms with Crippen molar-refractivity contribution >= 4 is 17.6 Å². The van der Waals surface area contributed by atoms with Gasteiger partial charge >= 0.3 is 5.97 Å². The van der Waals surface area contributed by atoms with Crippen LogP contribution in [-0.2, 0) is 17.7 Å². The zero-order valence-corrected chi connectivity index (χ0v) is 17.7. The summed E-state index contributed by atoms with van der Waals surface area (Å²) in [6, 6.07) is 10.2. The minimum absolute atomic E-state index is 0.262. The highest BCUT2D eigenvalue weighted by Gasteiger charge is 2.20. The molecule has 1 N–H and O–H groups in total. The van der Waals surface area contributed by atoms with Gasteiger partial charge in [-0.1, -0.05) is 12.1 Å². The van der Waals surface area contributed by atoms with E-state index in [1.165, 1.54) is 13.2 Å². The zero-order chi connectivity index (χ0) is 22.2. The van der Waals surface area contributed by atoms with Crippen molar-refractivity contribution < 1.29 is 18.7 Å². The maximum Gasteiger partial charge on any atom is 0.337 e. The van der Waals surface area contributed by atoms with Gasteiger partial charge in [-0.3, -0.25) is 4.40 Å². The molecule has 7 nitrogen and oxygen atoms in total. The van der Waals surface area contributed by atoms with Gasteiger partial charge in [-0.05, 0) is 36.8 Å². The summed E-state index contributed by atoms with van der Waals surface area (Å²) < 4.78 is 26.7. The Morgan fingerprint density at radius 3 is 2.84 bits per heavy atom. The third-order valence-corrected chi connectivity index (χ3v) is 5.59. The molecule has 0 aliphatic carbocycles. The van der Waals surface area contributed by atoms with Gasteiger partial charge in [0, 0.05) is 42.0 Å². The van der Waals surface area contributed by atoms with Crippen LogP contribution in [0.4, 0.5) is 10.3 Å².